The molecule has 0 unspecified atom stereocenters. The molecule has 2 amide bonds. The summed E-state index contributed by atoms with van der Waals surface area (Å²) in [6, 6.07) is 9.34. The first kappa shape index (κ1) is 17.0. The van der Waals surface area contributed by atoms with Crippen molar-refractivity contribution in [1.29, 1.82) is 0 Å². The smallest absolute Gasteiger partial charge is 0.348 e. The zero-order valence-electron chi connectivity index (χ0n) is 12.8. The van der Waals surface area contributed by atoms with Crippen LogP contribution >= 0.6 is 11.3 Å². The van der Waals surface area contributed by atoms with Gasteiger partial charge in [0.25, 0.3) is 5.91 Å². The highest BCUT2D eigenvalue weighted by molar-refractivity contribution is 7.20. The second kappa shape index (κ2) is 8.28. The van der Waals surface area contributed by atoms with Gasteiger partial charge in [0.05, 0.1) is 6.54 Å². The van der Waals surface area contributed by atoms with Crippen LogP contribution in [0.2, 0.25) is 0 Å². The molecular weight excluding hydrogens is 316 g/mol. The molecule has 0 aliphatic carbocycles. The molecule has 0 radical (unpaired) electrons. The van der Waals surface area contributed by atoms with Gasteiger partial charge in [-0.1, -0.05) is 25.1 Å². The lowest BCUT2D eigenvalue weighted by Gasteiger charge is -2.06. The van der Waals surface area contributed by atoms with Gasteiger partial charge in [0.2, 0.25) is 5.91 Å². The number of thiophene rings is 1. The Morgan fingerprint density at radius 1 is 1.13 bits per heavy atom. The van der Waals surface area contributed by atoms with Gasteiger partial charge in [-0.3, -0.25) is 9.59 Å². The molecule has 2 N–H and O–H groups in total. The second-order valence-corrected chi connectivity index (χ2v) is 5.94. The van der Waals surface area contributed by atoms with Gasteiger partial charge in [-0.05, 0) is 23.9 Å². The van der Waals surface area contributed by atoms with Crippen LogP contribution in [0, 0.1) is 0 Å². The number of nitrogens with one attached hydrogen (secondary N) is 2. The number of ether oxygens (including phenoxy) is 1. The Kier molecular flexibility index (Phi) is 6.10. The number of hydrogen-bond donors (Lipinski definition) is 2. The lowest BCUT2D eigenvalue weighted by molar-refractivity contribution is -0.127. The molecule has 0 atom stereocenters. The quantitative estimate of drug-likeness (QED) is 0.755. The zero-order valence-corrected chi connectivity index (χ0v) is 13.6. The van der Waals surface area contributed by atoms with Gasteiger partial charge in [0.15, 0.2) is 6.61 Å². The molecule has 6 nitrogen and oxygen atoms in total. The molecule has 23 heavy (non-hydrogen) atoms. The summed E-state index contributed by atoms with van der Waals surface area (Å²) < 4.78 is 5.94. The first-order chi connectivity index (χ1) is 11.1. The number of amides is 2. The van der Waals surface area contributed by atoms with Crippen molar-refractivity contribution in [3.63, 3.8) is 0 Å². The average molecular weight is 334 g/mol. The summed E-state index contributed by atoms with van der Waals surface area (Å²) in [6.07, 6.45) is 0.826. The Balaban J connectivity index is 1.77. The molecule has 0 aliphatic rings. The molecule has 1 aromatic heterocycles. The monoisotopic (exact) mass is 334 g/mol. The van der Waals surface area contributed by atoms with Crippen molar-refractivity contribution >= 4 is 39.2 Å². The third kappa shape index (κ3) is 5.07. The minimum Gasteiger partial charge on any atom is -0.451 e. The third-order valence-corrected chi connectivity index (χ3v) is 4.08. The highest BCUT2D eigenvalue weighted by atomic mass is 32.1. The van der Waals surface area contributed by atoms with Gasteiger partial charge >= 0.3 is 5.97 Å². The van der Waals surface area contributed by atoms with Crippen molar-refractivity contribution in [1.82, 2.24) is 10.6 Å². The predicted octanol–water partition coefficient (Wildman–Crippen LogP) is 1.70. The van der Waals surface area contributed by atoms with Crippen LogP contribution in [0.3, 0.4) is 0 Å². The van der Waals surface area contributed by atoms with E-state index in [0.717, 1.165) is 16.5 Å². The van der Waals surface area contributed by atoms with Crippen molar-refractivity contribution in [3.8, 4) is 0 Å². The molecule has 0 fully saturated rings. The van der Waals surface area contributed by atoms with E-state index in [-0.39, 0.29) is 12.5 Å². The molecule has 7 heteroatoms. The highest BCUT2D eigenvalue weighted by Crippen LogP contribution is 2.25. The van der Waals surface area contributed by atoms with Gasteiger partial charge in [0, 0.05) is 11.2 Å². The molecule has 0 saturated heterocycles. The summed E-state index contributed by atoms with van der Waals surface area (Å²) in [5.41, 5.74) is 0. The minimum absolute atomic E-state index is 0.126. The van der Waals surface area contributed by atoms with E-state index in [0.29, 0.717) is 11.4 Å². The van der Waals surface area contributed by atoms with E-state index in [4.69, 9.17) is 4.74 Å². The minimum atomic E-state index is -0.545. The van der Waals surface area contributed by atoms with Crippen LogP contribution in [-0.4, -0.2) is 37.5 Å². The van der Waals surface area contributed by atoms with Gasteiger partial charge in [-0.2, -0.15) is 0 Å². The zero-order chi connectivity index (χ0) is 16.7. The fourth-order valence-corrected chi connectivity index (χ4v) is 2.80. The number of fused-ring (bicyclic) bond motifs is 1. The Labute approximate surface area is 137 Å². The summed E-state index contributed by atoms with van der Waals surface area (Å²) >= 11 is 1.31. The van der Waals surface area contributed by atoms with Gasteiger partial charge in [0.1, 0.15) is 4.88 Å². The van der Waals surface area contributed by atoms with Gasteiger partial charge < -0.3 is 15.4 Å². The third-order valence-electron chi connectivity index (χ3n) is 2.98. The first-order valence-corrected chi connectivity index (χ1v) is 8.11. The summed E-state index contributed by atoms with van der Waals surface area (Å²) in [5.74, 6) is -1.32. The summed E-state index contributed by atoms with van der Waals surface area (Å²) in [5, 5.41) is 5.99. The van der Waals surface area contributed by atoms with Crippen molar-refractivity contribution in [2.45, 2.75) is 13.3 Å². The van der Waals surface area contributed by atoms with E-state index in [1.807, 2.05) is 31.2 Å². The predicted molar refractivity (Wildman–Crippen MR) is 88.4 cm³/mol. The van der Waals surface area contributed by atoms with Crippen LogP contribution in [0.1, 0.15) is 23.0 Å². The van der Waals surface area contributed by atoms with Crippen molar-refractivity contribution in [3.05, 3.63) is 35.2 Å². The van der Waals surface area contributed by atoms with Gasteiger partial charge in [-0.15, -0.1) is 11.3 Å². The maximum atomic E-state index is 11.9. The molecule has 0 saturated carbocycles. The fourth-order valence-electron chi connectivity index (χ4n) is 1.84. The van der Waals surface area contributed by atoms with Gasteiger partial charge in [-0.25, -0.2) is 4.79 Å². The second-order valence-electron chi connectivity index (χ2n) is 4.85. The summed E-state index contributed by atoms with van der Waals surface area (Å²) in [4.78, 5) is 35.3. The number of esters is 1. The van der Waals surface area contributed by atoms with E-state index in [9.17, 15) is 14.4 Å². The SMILES string of the molecule is CCCNC(=O)CNC(=O)COC(=O)c1cc2ccccc2s1. The van der Waals surface area contributed by atoms with Crippen LogP contribution in [0.15, 0.2) is 30.3 Å². The number of carbonyl (C=O) groups is 3. The van der Waals surface area contributed by atoms with Crippen LogP contribution in [0.25, 0.3) is 10.1 Å². The molecular formula is C16H18N2O4S. The van der Waals surface area contributed by atoms with Crippen molar-refractivity contribution in [2.24, 2.45) is 0 Å². The van der Waals surface area contributed by atoms with E-state index < -0.39 is 18.5 Å². The van der Waals surface area contributed by atoms with E-state index in [1.165, 1.54) is 11.3 Å². The number of hydrogen-bond acceptors (Lipinski definition) is 5. The number of rotatable bonds is 7. The molecule has 2 aromatic rings. The molecule has 1 heterocycles. The molecule has 0 bridgehead atoms. The van der Waals surface area contributed by atoms with E-state index in [1.54, 1.807) is 6.07 Å². The normalized spacial score (nSPS) is 10.3. The fraction of sp³-hybridized carbons (Fsp3) is 0.312. The molecule has 0 spiro atoms. The maximum absolute atomic E-state index is 11.9. The van der Waals surface area contributed by atoms with Crippen LogP contribution < -0.4 is 10.6 Å². The van der Waals surface area contributed by atoms with E-state index >= 15 is 0 Å². The summed E-state index contributed by atoms with van der Waals surface area (Å²) in [7, 11) is 0. The standard InChI is InChI=1S/C16H18N2O4S/c1-2-7-17-14(19)9-18-15(20)10-22-16(21)13-8-11-5-3-4-6-12(11)23-13/h3-6,8H,2,7,9-10H2,1H3,(H,17,19)(H,18,20). The Hall–Kier alpha value is -2.41. The largest absolute Gasteiger partial charge is 0.451 e. The topological polar surface area (TPSA) is 84.5 Å². The molecule has 2 rings (SSSR count). The highest BCUT2D eigenvalue weighted by Gasteiger charge is 2.13. The Morgan fingerprint density at radius 2 is 1.91 bits per heavy atom. The first-order valence-electron chi connectivity index (χ1n) is 7.29. The van der Waals surface area contributed by atoms with E-state index in [2.05, 4.69) is 10.6 Å². The Bertz CT molecular complexity index is 678. The number of benzene rings is 1. The molecule has 1 aromatic carbocycles. The van der Waals surface area contributed by atoms with Crippen LogP contribution in [0.5, 0.6) is 0 Å². The van der Waals surface area contributed by atoms with Crippen molar-refractivity contribution < 1.29 is 19.1 Å². The lowest BCUT2D eigenvalue weighted by atomic mass is 10.2. The molecule has 122 valence electrons. The summed E-state index contributed by atoms with van der Waals surface area (Å²) in [6.45, 7) is 1.97. The van der Waals surface area contributed by atoms with Crippen LogP contribution in [0.4, 0.5) is 0 Å². The van der Waals surface area contributed by atoms with Crippen LogP contribution in [-0.2, 0) is 14.3 Å². The Morgan fingerprint density at radius 3 is 2.65 bits per heavy atom. The van der Waals surface area contributed by atoms with Crippen molar-refractivity contribution in [2.75, 3.05) is 19.7 Å². The number of carbonyl (C=O) groups excluding carboxylic acids is 3. The average Bonchev–Trinajstić information content (AvgIpc) is 3.00. The molecule has 0 aliphatic heterocycles. The lowest BCUT2D eigenvalue weighted by Crippen LogP contribution is -2.38. The maximum Gasteiger partial charge on any atom is 0.348 e.